The zero-order valence-electron chi connectivity index (χ0n) is 11.2. The van der Waals surface area contributed by atoms with Crippen LogP contribution in [0.25, 0.3) is 0 Å². The number of piperidine rings is 1. The van der Waals surface area contributed by atoms with Gasteiger partial charge >= 0.3 is 0 Å². The summed E-state index contributed by atoms with van der Waals surface area (Å²) in [5.41, 5.74) is 2.87. The van der Waals surface area contributed by atoms with Gasteiger partial charge in [-0.15, -0.1) is 0 Å². The number of nitrogens with zero attached hydrogens (tertiary/aromatic N) is 2. The van der Waals surface area contributed by atoms with Crippen LogP contribution in [0.5, 0.6) is 0 Å². The summed E-state index contributed by atoms with van der Waals surface area (Å²) in [6, 6.07) is 10.7. The van der Waals surface area contributed by atoms with Gasteiger partial charge in [0.2, 0.25) is 0 Å². The molecule has 1 saturated heterocycles. The molecule has 0 bridgehead atoms. The van der Waals surface area contributed by atoms with E-state index >= 15 is 0 Å². The number of para-hydroxylation sites is 1. The highest BCUT2D eigenvalue weighted by molar-refractivity contribution is 5.50. The third-order valence-electron chi connectivity index (χ3n) is 4.21. The van der Waals surface area contributed by atoms with Crippen molar-refractivity contribution in [2.75, 3.05) is 31.1 Å². The summed E-state index contributed by atoms with van der Waals surface area (Å²) in [6.45, 7) is 7.01. The minimum atomic E-state index is 0.911. The molecule has 0 aliphatic carbocycles. The third-order valence-corrected chi connectivity index (χ3v) is 4.21. The van der Waals surface area contributed by atoms with Gasteiger partial charge in [-0.1, -0.05) is 25.1 Å². The second-order valence-electron chi connectivity index (χ2n) is 5.58. The lowest BCUT2D eigenvalue weighted by Gasteiger charge is -2.33. The highest BCUT2D eigenvalue weighted by atomic mass is 15.2. The number of likely N-dealkylation sites (tertiary alicyclic amines) is 1. The maximum absolute atomic E-state index is 2.59. The van der Waals surface area contributed by atoms with Crippen molar-refractivity contribution in [2.45, 2.75) is 19.8 Å². The normalized spacial score (nSPS) is 21.3. The molecule has 0 N–H and O–H groups in total. The molecule has 0 radical (unpaired) electrons. The summed E-state index contributed by atoms with van der Waals surface area (Å²) >= 11 is 0. The van der Waals surface area contributed by atoms with Crippen molar-refractivity contribution < 1.29 is 0 Å². The fourth-order valence-electron chi connectivity index (χ4n) is 2.90. The van der Waals surface area contributed by atoms with Crippen LogP contribution in [0, 0.1) is 5.92 Å². The van der Waals surface area contributed by atoms with Gasteiger partial charge in [0.25, 0.3) is 0 Å². The van der Waals surface area contributed by atoms with Crippen molar-refractivity contribution in [3.8, 4) is 0 Å². The molecule has 0 spiro atoms. The molecule has 2 aliphatic heterocycles. The highest BCUT2D eigenvalue weighted by Gasteiger charge is 2.22. The molecule has 0 saturated carbocycles. The molecule has 0 unspecified atom stereocenters. The summed E-state index contributed by atoms with van der Waals surface area (Å²) in [5, 5.41) is 0. The first-order valence-electron chi connectivity index (χ1n) is 7.07. The molecular formula is C16H22N2. The topological polar surface area (TPSA) is 6.48 Å². The van der Waals surface area contributed by atoms with E-state index < -0.39 is 0 Å². The molecule has 96 valence electrons. The van der Waals surface area contributed by atoms with Gasteiger partial charge in [0.1, 0.15) is 0 Å². The number of hydrogen-bond acceptors (Lipinski definition) is 2. The first-order valence-corrected chi connectivity index (χ1v) is 7.07. The van der Waals surface area contributed by atoms with Crippen LogP contribution in [-0.4, -0.2) is 31.1 Å². The van der Waals surface area contributed by atoms with E-state index in [1.54, 1.807) is 0 Å². The minimum absolute atomic E-state index is 0.911. The predicted molar refractivity (Wildman–Crippen MR) is 76.7 cm³/mol. The van der Waals surface area contributed by atoms with Gasteiger partial charge in [0, 0.05) is 31.0 Å². The van der Waals surface area contributed by atoms with Crippen molar-refractivity contribution in [2.24, 2.45) is 5.92 Å². The summed E-state index contributed by atoms with van der Waals surface area (Å²) in [6.07, 6.45) is 5.11. The van der Waals surface area contributed by atoms with E-state index in [1.165, 1.54) is 37.3 Å². The lowest BCUT2D eigenvalue weighted by molar-refractivity contribution is 0.237. The van der Waals surface area contributed by atoms with E-state index in [0.29, 0.717) is 0 Å². The average Bonchev–Trinajstić information content (AvgIpc) is 2.90. The zero-order chi connectivity index (χ0) is 12.4. The standard InChI is InChI=1S/C16H22N2/c1-14-7-10-17(11-8-14)16-9-12-18(13-16)15-5-3-2-4-6-15/h2-6,9,14H,7-8,10-13H2,1H3. The quantitative estimate of drug-likeness (QED) is 0.786. The van der Waals surface area contributed by atoms with Gasteiger partial charge in [0.15, 0.2) is 0 Å². The van der Waals surface area contributed by atoms with Crippen LogP contribution in [0.1, 0.15) is 19.8 Å². The maximum atomic E-state index is 2.59. The van der Waals surface area contributed by atoms with Crippen molar-refractivity contribution >= 4 is 5.69 Å². The molecule has 3 rings (SSSR count). The molecule has 0 amide bonds. The van der Waals surface area contributed by atoms with E-state index in [9.17, 15) is 0 Å². The van der Waals surface area contributed by atoms with Crippen LogP contribution in [0.15, 0.2) is 42.1 Å². The Labute approximate surface area is 110 Å². The van der Waals surface area contributed by atoms with Crippen LogP contribution >= 0.6 is 0 Å². The van der Waals surface area contributed by atoms with Gasteiger partial charge in [-0.25, -0.2) is 0 Å². The van der Waals surface area contributed by atoms with E-state index in [1.807, 2.05) is 0 Å². The summed E-state index contributed by atoms with van der Waals surface area (Å²) in [4.78, 5) is 5.04. The van der Waals surface area contributed by atoms with Gasteiger partial charge in [-0.3, -0.25) is 0 Å². The van der Waals surface area contributed by atoms with Crippen molar-refractivity contribution in [1.82, 2.24) is 4.90 Å². The molecule has 2 heterocycles. The Morgan fingerprint density at radius 2 is 1.72 bits per heavy atom. The van der Waals surface area contributed by atoms with Crippen LogP contribution in [-0.2, 0) is 0 Å². The largest absolute Gasteiger partial charge is 0.374 e. The van der Waals surface area contributed by atoms with E-state index in [-0.39, 0.29) is 0 Å². The Morgan fingerprint density at radius 1 is 1.00 bits per heavy atom. The molecule has 2 nitrogen and oxygen atoms in total. The van der Waals surface area contributed by atoms with Crippen LogP contribution in [0.2, 0.25) is 0 Å². The fraction of sp³-hybridized carbons (Fsp3) is 0.500. The Bertz CT molecular complexity index is 416. The van der Waals surface area contributed by atoms with Crippen molar-refractivity contribution in [3.05, 3.63) is 42.1 Å². The average molecular weight is 242 g/mol. The van der Waals surface area contributed by atoms with Crippen molar-refractivity contribution in [1.29, 1.82) is 0 Å². The Balaban J connectivity index is 1.61. The SMILES string of the molecule is CC1CCN(C2=CCN(c3ccccc3)C2)CC1. The first-order chi connectivity index (χ1) is 8.83. The monoisotopic (exact) mass is 242 g/mol. The smallest absolute Gasteiger partial charge is 0.0579 e. The number of rotatable bonds is 2. The Kier molecular flexibility index (Phi) is 3.26. The Morgan fingerprint density at radius 3 is 2.44 bits per heavy atom. The predicted octanol–water partition coefficient (Wildman–Crippen LogP) is 3.12. The third kappa shape index (κ3) is 2.38. The van der Waals surface area contributed by atoms with Gasteiger partial charge in [0.05, 0.1) is 6.54 Å². The maximum Gasteiger partial charge on any atom is 0.0579 e. The second-order valence-corrected chi connectivity index (χ2v) is 5.58. The molecular weight excluding hydrogens is 220 g/mol. The number of benzene rings is 1. The minimum Gasteiger partial charge on any atom is -0.374 e. The lowest BCUT2D eigenvalue weighted by atomic mass is 9.99. The van der Waals surface area contributed by atoms with Crippen LogP contribution < -0.4 is 4.90 Å². The van der Waals surface area contributed by atoms with E-state index in [0.717, 1.165) is 19.0 Å². The molecule has 18 heavy (non-hydrogen) atoms. The molecule has 1 aromatic carbocycles. The molecule has 1 aromatic rings. The van der Waals surface area contributed by atoms with E-state index in [4.69, 9.17) is 0 Å². The zero-order valence-corrected chi connectivity index (χ0v) is 11.2. The molecule has 1 fully saturated rings. The van der Waals surface area contributed by atoms with E-state index in [2.05, 4.69) is 53.1 Å². The summed E-state index contributed by atoms with van der Waals surface area (Å²) in [5.74, 6) is 0.911. The summed E-state index contributed by atoms with van der Waals surface area (Å²) in [7, 11) is 0. The van der Waals surface area contributed by atoms with Gasteiger partial charge in [-0.2, -0.15) is 0 Å². The van der Waals surface area contributed by atoms with Crippen molar-refractivity contribution in [3.63, 3.8) is 0 Å². The molecule has 0 atom stereocenters. The fourth-order valence-corrected chi connectivity index (χ4v) is 2.90. The van der Waals surface area contributed by atoms with Gasteiger partial charge < -0.3 is 9.80 Å². The lowest BCUT2D eigenvalue weighted by Crippen LogP contribution is -2.34. The number of hydrogen-bond donors (Lipinski definition) is 0. The molecule has 2 heteroatoms. The Hall–Kier alpha value is -1.44. The molecule has 0 aromatic heterocycles. The van der Waals surface area contributed by atoms with Crippen LogP contribution in [0.4, 0.5) is 5.69 Å². The first kappa shape index (κ1) is 11.6. The summed E-state index contributed by atoms with van der Waals surface area (Å²) < 4.78 is 0. The number of anilines is 1. The molecule has 2 aliphatic rings. The highest BCUT2D eigenvalue weighted by Crippen LogP contribution is 2.25. The second kappa shape index (κ2) is 5.05. The van der Waals surface area contributed by atoms with Crippen LogP contribution in [0.3, 0.4) is 0 Å². The van der Waals surface area contributed by atoms with Gasteiger partial charge in [-0.05, 0) is 37.0 Å².